The van der Waals surface area contributed by atoms with Gasteiger partial charge in [-0.05, 0) is 35.6 Å². The van der Waals surface area contributed by atoms with Crippen LogP contribution in [0, 0.1) is 0 Å². The van der Waals surface area contributed by atoms with E-state index >= 15 is 0 Å². The Morgan fingerprint density at radius 1 is 0.833 bits per heavy atom. The topological polar surface area (TPSA) is 41.1 Å². The zero-order valence-corrected chi connectivity index (χ0v) is 17.5. The van der Waals surface area contributed by atoms with E-state index in [1.54, 1.807) is 0 Å². The molecule has 0 unspecified atom stereocenters. The summed E-state index contributed by atoms with van der Waals surface area (Å²) in [5.41, 5.74) is 4.76. The monoisotopic (exact) mass is 412 g/mol. The zero-order valence-electron chi connectivity index (χ0n) is 16.7. The maximum Gasteiger partial charge on any atom is 0.168 e. The molecule has 0 radical (unpaired) electrons. The molecule has 0 bridgehead atoms. The summed E-state index contributed by atoms with van der Waals surface area (Å²) >= 11 is 5.67. The van der Waals surface area contributed by atoms with Gasteiger partial charge in [-0.15, -0.1) is 0 Å². The van der Waals surface area contributed by atoms with Gasteiger partial charge in [0.1, 0.15) is 4.99 Å². The normalized spacial score (nSPS) is 16.3. The number of nitrogens with one attached hydrogen (secondary N) is 2. The molecule has 0 aromatic heterocycles. The quantitative estimate of drug-likeness (QED) is 0.516. The minimum absolute atomic E-state index is 0.0825. The molecular formula is C26H24N2OS. The highest BCUT2D eigenvalue weighted by molar-refractivity contribution is 7.81. The average Bonchev–Trinajstić information content (AvgIpc) is 2.79. The lowest BCUT2D eigenvalue weighted by molar-refractivity contribution is -0.115. The Bertz CT molecular complexity index is 1050. The van der Waals surface area contributed by atoms with E-state index in [9.17, 15) is 4.79 Å². The van der Waals surface area contributed by atoms with Gasteiger partial charge < -0.3 is 10.6 Å². The first-order valence-corrected chi connectivity index (χ1v) is 10.6. The summed E-state index contributed by atoms with van der Waals surface area (Å²) in [6.07, 6.45) is 1.22. The molecule has 0 amide bonds. The first-order chi connectivity index (χ1) is 14.7. The second-order valence-corrected chi connectivity index (χ2v) is 7.86. The Labute approximate surface area is 182 Å². The van der Waals surface area contributed by atoms with Gasteiger partial charge in [-0.3, -0.25) is 4.79 Å². The van der Waals surface area contributed by atoms with Gasteiger partial charge in [-0.2, -0.15) is 0 Å². The molecule has 1 aliphatic rings. The molecule has 3 nitrogen and oxygen atoms in total. The summed E-state index contributed by atoms with van der Waals surface area (Å²) in [5.74, 6) is 0.236. The van der Waals surface area contributed by atoms with Crippen LogP contribution in [0.3, 0.4) is 0 Å². The molecule has 0 spiro atoms. The van der Waals surface area contributed by atoms with Crippen LogP contribution in [0.1, 0.15) is 29.9 Å². The van der Waals surface area contributed by atoms with Crippen molar-refractivity contribution in [3.05, 3.63) is 113 Å². The predicted molar refractivity (Wildman–Crippen MR) is 126 cm³/mol. The SMILES string of the molecule is O=C1C[C@H](c2ccccc2)CC(NCc2ccccc2)=C1C(=S)Nc1ccccc1. The minimum Gasteiger partial charge on any atom is -0.384 e. The first-order valence-electron chi connectivity index (χ1n) is 10.2. The first kappa shape index (κ1) is 20.0. The summed E-state index contributed by atoms with van der Waals surface area (Å²) in [5, 5.41) is 6.75. The van der Waals surface area contributed by atoms with Gasteiger partial charge in [0.15, 0.2) is 5.78 Å². The van der Waals surface area contributed by atoms with Crippen molar-refractivity contribution in [3.63, 3.8) is 0 Å². The number of hydrogen-bond donors (Lipinski definition) is 2. The number of Topliss-reactive ketones (excluding diaryl/α,β-unsaturated/α-hetero) is 1. The summed E-state index contributed by atoms with van der Waals surface area (Å²) in [6.45, 7) is 0.655. The van der Waals surface area contributed by atoms with Crippen LogP contribution in [0.5, 0.6) is 0 Å². The van der Waals surface area contributed by atoms with Crippen LogP contribution in [0.2, 0.25) is 0 Å². The second-order valence-electron chi connectivity index (χ2n) is 7.45. The van der Waals surface area contributed by atoms with Gasteiger partial charge in [0.2, 0.25) is 0 Å². The molecule has 0 saturated carbocycles. The Morgan fingerprint density at radius 3 is 2.10 bits per heavy atom. The Balaban J connectivity index is 1.62. The molecule has 0 heterocycles. The number of hydrogen-bond acceptors (Lipinski definition) is 3. The average molecular weight is 413 g/mol. The van der Waals surface area contributed by atoms with E-state index in [0.717, 1.165) is 17.8 Å². The van der Waals surface area contributed by atoms with Crippen molar-refractivity contribution in [2.24, 2.45) is 0 Å². The molecule has 1 atom stereocenters. The maximum atomic E-state index is 13.2. The van der Waals surface area contributed by atoms with Crippen LogP contribution in [0.25, 0.3) is 0 Å². The van der Waals surface area contributed by atoms with E-state index in [0.29, 0.717) is 23.5 Å². The van der Waals surface area contributed by atoms with Crippen LogP contribution < -0.4 is 10.6 Å². The third kappa shape index (κ3) is 4.84. The van der Waals surface area contributed by atoms with Crippen LogP contribution in [0.4, 0.5) is 5.69 Å². The zero-order chi connectivity index (χ0) is 20.8. The minimum atomic E-state index is 0.0825. The number of carbonyl (C=O) groups is 1. The van der Waals surface area contributed by atoms with E-state index in [2.05, 4.69) is 34.9 Å². The number of allylic oxidation sites excluding steroid dienone is 1. The van der Waals surface area contributed by atoms with Crippen molar-refractivity contribution in [3.8, 4) is 0 Å². The van der Waals surface area contributed by atoms with Gasteiger partial charge in [0.25, 0.3) is 0 Å². The van der Waals surface area contributed by atoms with Gasteiger partial charge in [-0.1, -0.05) is 91.1 Å². The molecule has 1 aliphatic carbocycles. The molecule has 2 N–H and O–H groups in total. The number of thiocarbonyl (C=S) groups is 1. The van der Waals surface area contributed by atoms with E-state index < -0.39 is 0 Å². The Morgan fingerprint density at radius 2 is 1.43 bits per heavy atom. The number of anilines is 1. The van der Waals surface area contributed by atoms with Gasteiger partial charge in [0.05, 0.1) is 5.57 Å². The number of para-hydroxylation sites is 1. The fourth-order valence-corrected chi connectivity index (χ4v) is 4.17. The van der Waals surface area contributed by atoms with E-state index in [1.807, 2.05) is 66.7 Å². The molecule has 0 fully saturated rings. The van der Waals surface area contributed by atoms with E-state index in [4.69, 9.17) is 12.2 Å². The third-order valence-electron chi connectivity index (χ3n) is 5.34. The van der Waals surface area contributed by atoms with Gasteiger partial charge in [-0.25, -0.2) is 0 Å². The maximum absolute atomic E-state index is 13.2. The van der Waals surface area contributed by atoms with Crippen molar-refractivity contribution >= 4 is 28.7 Å². The summed E-state index contributed by atoms with van der Waals surface area (Å²) in [4.78, 5) is 13.7. The van der Waals surface area contributed by atoms with Crippen LogP contribution >= 0.6 is 12.2 Å². The molecule has 150 valence electrons. The highest BCUT2D eigenvalue weighted by atomic mass is 32.1. The van der Waals surface area contributed by atoms with Crippen molar-refractivity contribution in [1.29, 1.82) is 0 Å². The molecule has 30 heavy (non-hydrogen) atoms. The third-order valence-corrected chi connectivity index (χ3v) is 5.65. The van der Waals surface area contributed by atoms with Crippen molar-refractivity contribution in [2.45, 2.75) is 25.3 Å². The highest BCUT2D eigenvalue weighted by Crippen LogP contribution is 2.34. The molecule has 3 aromatic rings. The highest BCUT2D eigenvalue weighted by Gasteiger charge is 2.30. The van der Waals surface area contributed by atoms with Crippen molar-refractivity contribution in [1.82, 2.24) is 5.32 Å². The van der Waals surface area contributed by atoms with E-state index in [-0.39, 0.29) is 11.7 Å². The van der Waals surface area contributed by atoms with Crippen molar-refractivity contribution < 1.29 is 4.79 Å². The largest absolute Gasteiger partial charge is 0.384 e. The van der Waals surface area contributed by atoms with Crippen LogP contribution in [0.15, 0.2) is 102 Å². The van der Waals surface area contributed by atoms with Gasteiger partial charge in [0, 0.05) is 24.4 Å². The molecule has 4 heteroatoms. The molecule has 0 saturated heterocycles. The smallest absolute Gasteiger partial charge is 0.168 e. The Hall–Kier alpha value is -3.24. The summed E-state index contributed by atoms with van der Waals surface area (Å²) < 4.78 is 0. The van der Waals surface area contributed by atoms with Crippen molar-refractivity contribution in [2.75, 3.05) is 5.32 Å². The fraction of sp³-hybridized carbons (Fsp3) is 0.154. The van der Waals surface area contributed by atoms with Gasteiger partial charge >= 0.3 is 0 Å². The molecule has 0 aliphatic heterocycles. The lowest BCUT2D eigenvalue weighted by atomic mass is 9.81. The summed E-state index contributed by atoms with van der Waals surface area (Å²) in [7, 11) is 0. The van der Waals surface area contributed by atoms with Crippen LogP contribution in [-0.2, 0) is 11.3 Å². The van der Waals surface area contributed by atoms with E-state index in [1.165, 1.54) is 11.1 Å². The Kier molecular flexibility index (Phi) is 6.35. The predicted octanol–water partition coefficient (Wildman–Crippen LogP) is 5.62. The molecule has 3 aromatic carbocycles. The molecule has 4 rings (SSSR count). The number of rotatable bonds is 6. The number of carbonyl (C=O) groups excluding carboxylic acids is 1. The lowest BCUT2D eigenvalue weighted by Crippen LogP contribution is -2.31. The molecular weight excluding hydrogens is 388 g/mol. The number of benzene rings is 3. The summed E-state index contributed by atoms with van der Waals surface area (Å²) in [6, 6.07) is 30.2. The lowest BCUT2D eigenvalue weighted by Gasteiger charge is -2.28. The number of ketones is 1. The second kappa shape index (κ2) is 9.51. The van der Waals surface area contributed by atoms with Crippen LogP contribution in [-0.4, -0.2) is 10.8 Å². The fourth-order valence-electron chi connectivity index (χ4n) is 3.82. The standard InChI is InChI=1S/C26H24N2OS/c29-24-17-21(20-12-6-2-7-13-20)16-23(27-18-19-10-4-1-5-11-19)25(24)26(30)28-22-14-8-3-9-15-22/h1-15,21,27H,16-18H2,(H,28,30)/t21-/m1/s1.